The smallest absolute Gasteiger partial charge is 0.0304 e. The summed E-state index contributed by atoms with van der Waals surface area (Å²) in [6, 6.07) is 0.740. The fourth-order valence-electron chi connectivity index (χ4n) is 3.33. The van der Waals surface area contributed by atoms with E-state index in [1.54, 1.807) is 0 Å². The third-order valence-corrected chi connectivity index (χ3v) is 5.07. The zero-order valence-corrected chi connectivity index (χ0v) is 12.6. The van der Waals surface area contributed by atoms with Crippen molar-refractivity contribution in [1.82, 2.24) is 10.2 Å². The fourth-order valence-corrected chi connectivity index (χ4v) is 3.33. The fraction of sp³-hybridized carbons (Fsp3) is 1.00. The molecule has 0 amide bonds. The second-order valence-electron chi connectivity index (χ2n) is 5.70. The van der Waals surface area contributed by atoms with Crippen LogP contribution in [-0.2, 0) is 0 Å². The number of nitrogens with zero attached hydrogens (tertiary/aromatic N) is 1. The van der Waals surface area contributed by atoms with Gasteiger partial charge in [-0.15, -0.1) is 0 Å². The molecular formula is C15H32N2. The van der Waals surface area contributed by atoms with Gasteiger partial charge in [0.15, 0.2) is 0 Å². The molecule has 0 aromatic heterocycles. The van der Waals surface area contributed by atoms with Crippen molar-refractivity contribution in [2.75, 3.05) is 19.6 Å². The van der Waals surface area contributed by atoms with E-state index in [0.29, 0.717) is 5.54 Å². The van der Waals surface area contributed by atoms with Gasteiger partial charge >= 0.3 is 0 Å². The topological polar surface area (TPSA) is 15.3 Å². The van der Waals surface area contributed by atoms with E-state index in [4.69, 9.17) is 0 Å². The summed E-state index contributed by atoms with van der Waals surface area (Å²) in [6.45, 7) is 15.4. The zero-order valence-electron chi connectivity index (χ0n) is 12.6. The first-order valence-corrected chi connectivity index (χ1v) is 7.61. The molecule has 1 aliphatic heterocycles. The van der Waals surface area contributed by atoms with Crippen LogP contribution in [0.4, 0.5) is 0 Å². The summed E-state index contributed by atoms with van der Waals surface area (Å²) >= 11 is 0. The molecule has 2 heteroatoms. The molecule has 1 aliphatic rings. The summed E-state index contributed by atoms with van der Waals surface area (Å²) in [5, 5.41) is 3.75. The quantitative estimate of drug-likeness (QED) is 0.766. The Bertz CT molecular complexity index is 207. The Morgan fingerprint density at radius 1 is 1.12 bits per heavy atom. The molecule has 1 fully saturated rings. The molecule has 1 saturated heterocycles. The van der Waals surface area contributed by atoms with Crippen molar-refractivity contribution in [3.05, 3.63) is 0 Å². The summed E-state index contributed by atoms with van der Waals surface area (Å²) in [4.78, 5) is 2.72. The van der Waals surface area contributed by atoms with Crippen molar-refractivity contribution in [2.45, 2.75) is 71.9 Å². The van der Waals surface area contributed by atoms with E-state index in [9.17, 15) is 0 Å². The van der Waals surface area contributed by atoms with Crippen LogP contribution in [-0.4, -0.2) is 36.1 Å². The molecule has 0 aliphatic carbocycles. The van der Waals surface area contributed by atoms with Crippen molar-refractivity contribution in [2.24, 2.45) is 5.92 Å². The number of hydrogen-bond donors (Lipinski definition) is 1. The summed E-state index contributed by atoms with van der Waals surface area (Å²) in [5.74, 6) is 0.861. The molecule has 0 bridgehead atoms. The van der Waals surface area contributed by atoms with E-state index in [2.05, 4.69) is 44.8 Å². The minimum atomic E-state index is 0.374. The van der Waals surface area contributed by atoms with Crippen LogP contribution in [0.25, 0.3) is 0 Å². The molecule has 1 unspecified atom stereocenters. The summed E-state index contributed by atoms with van der Waals surface area (Å²) in [5.41, 5.74) is 0.374. The predicted molar refractivity (Wildman–Crippen MR) is 76.4 cm³/mol. The lowest BCUT2D eigenvalue weighted by molar-refractivity contribution is 0.0647. The minimum absolute atomic E-state index is 0.374. The monoisotopic (exact) mass is 240 g/mol. The van der Waals surface area contributed by atoms with Gasteiger partial charge in [0.05, 0.1) is 0 Å². The highest BCUT2D eigenvalue weighted by atomic mass is 15.2. The van der Waals surface area contributed by atoms with Crippen LogP contribution in [0.5, 0.6) is 0 Å². The van der Waals surface area contributed by atoms with Crippen molar-refractivity contribution in [3.8, 4) is 0 Å². The first-order valence-electron chi connectivity index (χ1n) is 7.61. The Balaban J connectivity index is 2.65. The third kappa shape index (κ3) is 3.45. The SMILES string of the molecule is CCC(CC)C(C)N1CCNC(CC)(CC)C1. The van der Waals surface area contributed by atoms with Gasteiger partial charge in [-0.1, -0.05) is 40.5 Å². The van der Waals surface area contributed by atoms with Gasteiger partial charge in [0, 0.05) is 31.2 Å². The Hall–Kier alpha value is -0.0800. The van der Waals surface area contributed by atoms with Gasteiger partial charge in [-0.3, -0.25) is 4.90 Å². The van der Waals surface area contributed by atoms with Gasteiger partial charge in [0.2, 0.25) is 0 Å². The van der Waals surface area contributed by atoms with Crippen LogP contribution < -0.4 is 5.32 Å². The van der Waals surface area contributed by atoms with E-state index in [-0.39, 0.29) is 0 Å². The molecule has 0 aromatic carbocycles. The molecule has 0 radical (unpaired) electrons. The standard InChI is InChI=1S/C15H32N2/c1-6-14(7-2)13(5)17-11-10-16-15(8-3,9-4)12-17/h13-14,16H,6-12H2,1-5H3. The molecule has 102 valence electrons. The number of nitrogens with one attached hydrogen (secondary N) is 1. The molecule has 0 saturated carbocycles. The van der Waals surface area contributed by atoms with Crippen LogP contribution in [0.2, 0.25) is 0 Å². The van der Waals surface area contributed by atoms with Gasteiger partial charge in [-0.2, -0.15) is 0 Å². The van der Waals surface area contributed by atoms with Gasteiger partial charge in [0.1, 0.15) is 0 Å². The number of hydrogen-bond acceptors (Lipinski definition) is 2. The van der Waals surface area contributed by atoms with Crippen LogP contribution in [0.3, 0.4) is 0 Å². The van der Waals surface area contributed by atoms with E-state index in [1.807, 2.05) is 0 Å². The van der Waals surface area contributed by atoms with E-state index in [1.165, 1.54) is 38.8 Å². The average molecular weight is 240 g/mol. The van der Waals surface area contributed by atoms with Crippen LogP contribution in [0.15, 0.2) is 0 Å². The molecule has 0 spiro atoms. The zero-order chi connectivity index (χ0) is 12.9. The second kappa shape index (κ2) is 6.75. The highest BCUT2D eigenvalue weighted by Crippen LogP contribution is 2.25. The largest absolute Gasteiger partial charge is 0.309 e. The highest BCUT2D eigenvalue weighted by Gasteiger charge is 2.34. The third-order valence-electron chi connectivity index (χ3n) is 5.07. The van der Waals surface area contributed by atoms with Gasteiger partial charge in [0.25, 0.3) is 0 Å². The van der Waals surface area contributed by atoms with Gasteiger partial charge < -0.3 is 5.32 Å². The lowest BCUT2D eigenvalue weighted by Gasteiger charge is -2.47. The highest BCUT2D eigenvalue weighted by molar-refractivity contribution is 4.94. The Labute approximate surface area is 108 Å². The van der Waals surface area contributed by atoms with Crippen molar-refractivity contribution < 1.29 is 0 Å². The first kappa shape index (κ1) is 15.0. The van der Waals surface area contributed by atoms with E-state index < -0.39 is 0 Å². The van der Waals surface area contributed by atoms with Crippen molar-refractivity contribution in [1.29, 1.82) is 0 Å². The Morgan fingerprint density at radius 3 is 2.18 bits per heavy atom. The van der Waals surface area contributed by atoms with Crippen LogP contribution >= 0.6 is 0 Å². The van der Waals surface area contributed by atoms with Crippen LogP contribution in [0.1, 0.15) is 60.3 Å². The molecule has 1 heterocycles. The Morgan fingerprint density at radius 2 is 1.71 bits per heavy atom. The maximum absolute atomic E-state index is 3.75. The maximum atomic E-state index is 3.75. The molecule has 1 rings (SSSR count). The lowest BCUT2D eigenvalue weighted by atomic mass is 9.87. The predicted octanol–water partition coefficient (Wildman–Crippen LogP) is 3.28. The van der Waals surface area contributed by atoms with Crippen molar-refractivity contribution >= 4 is 0 Å². The summed E-state index contributed by atoms with van der Waals surface area (Å²) in [7, 11) is 0. The number of piperazine rings is 1. The summed E-state index contributed by atoms with van der Waals surface area (Å²) < 4.78 is 0. The number of rotatable bonds is 6. The molecule has 17 heavy (non-hydrogen) atoms. The molecule has 0 aromatic rings. The molecule has 1 atom stereocenters. The second-order valence-corrected chi connectivity index (χ2v) is 5.70. The van der Waals surface area contributed by atoms with Crippen molar-refractivity contribution in [3.63, 3.8) is 0 Å². The van der Waals surface area contributed by atoms with Gasteiger partial charge in [-0.25, -0.2) is 0 Å². The normalized spacial score (nSPS) is 22.9. The first-order chi connectivity index (χ1) is 8.12. The van der Waals surface area contributed by atoms with Gasteiger partial charge in [-0.05, 0) is 25.7 Å². The summed E-state index contributed by atoms with van der Waals surface area (Å²) in [6.07, 6.45) is 5.12. The van der Waals surface area contributed by atoms with E-state index in [0.717, 1.165) is 18.5 Å². The maximum Gasteiger partial charge on any atom is 0.0304 e. The molecule has 2 nitrogen and oxygen atoms in total. The minimum Gasteiger partial charge on any atom is -0.309 e. The average Bonchev–Trinajstić information content (AvgIpc) is 2.40. The van der Waals surface area contributed by atoms with Crippen LogP contribution in [0, 0.1) is 5.92 Å². The Kier molecular flexibility index (Phi) is 5.94. The molecule has 1 N–H and O–H groups in total. The lowest BCUT2D eigenvalue weighted by Crippen LogP contribution is -2.62. The molecular weight excluding hydrogens is 208 g/mol. The van der Waals surface area contributed by atoms with E-state index >= 15 is 0 Å².